The fourth-order valence-corrected chi connectivity index (χ4v) is 1.98. The monoisotopic (exact) mass is 339 g/mol. The second-order valence-corrected chi connectivity index (χ2v) is 4.81. The number of amides is 1. The van der Waals surface area contributed by atoms with Crippen LogP contribution >= 0.6 is 15.9 Å². The molecule has 3 N–H and O–H groups in total. The highest BCUT2D eigenvalue weighted by Crippen LogP contribution is 2.25. The number of benzene rings is 1. The number of hydrogen-bond donors (Lipinski definition) is 2. The normalized spacial score (nSPS) is 10.3. The van der Waals surface area contributed by atoms with E-state index < -0.39 is 0 Å². The highest BCUT2D eigenvalue weighted by molar-refractivity contribution is 9.10. The van der Waals surface area contributed by atoms with Gasteiger partial charge in [-0.25, -0.2) is 4.68 Å². The van der Waals surface area contributed by atoms with E-state index in [0.717, 1.165) is 15.9 Å². The van der Waals surface area contributed by atoms with E-state index in [9.17, 15) is 4.79 Å². The SMILES string of the molecule is COc1ccc(Br)c(-n2cc(CNC(=O)CN)nn2)c1. The van der Waals surface area contributed by atoms with Gasteiger partial charge in [0.2, 0.25) is 5.91 Å². The molecule has 1 amide bonds. The topological polar surface area (TPSA) is 95.1 Å². The molecule has 106 valence electrons. The summed E-state index contributed by atoms with van der Waals surface area (Å²) in [7, 11) is 1.60. The van der Waals surface area contributed by atoms with Gasteiger partial charge in [-0.15, -0.1) is 5.10 Å². The molecule has 0 saturated heterocycles. The molecule has 20 heavy (non-hydrogen) atoms. The summed E-state index contributed by atoms with van der Waals surface area (Å²) < 4.78 is 7.65. The van der Waals surface area contributed by atoms with Gasteiger partial charge in [0, 0.05) is 10.5 Å². The summed E-state index contributed by atoms with van der Waals surface area (Å²) in [6.45, 7) is 0.243. The van der Waals surface area contributed by atoms with E-state index in [2.05, 4.69) is 31.6 Å². The zero-order valence-electron chi connectivity index (χ0n) is 10.8. The first-order chi connectivity index (χ1) is 9.63. The molecule has 0 saturated carbocycles. The molecular formula is C12H14BrN5O2. The van der Waals surface area contributed by atoms with E-state index in [4.69, 9.17) is 10.5 Å². The maximum absolute atomic E-state index is 11.1. The van der Waals surface area contributed by atoms with Gasteiger partial charge in [-0.05, 0) is 28.1 Å². The number of methoxy groups -OCH3 is 1. The quantitative estimate of drug-likeness (QED) is 0.832. The second-order valence-electron chi connectivity index (χ2n) is 3.95. The molecule has 0 atom stereocenters. The third kappa shape index (κ3) is 3.34. The fraction of sp³-hybridized carbons (Fsp3) is 0.250. The van der Waals surface area contributed by atoms with Crippen LogP contribution in [0.5, 0.6) is 5.75 Å². The van der Waals surface area contributed by atoms with E-state index in [1.165, 1.54) is 0 Å². The summed E-state index contributed by atoms with van der Waals surface area (Å²) in [6.07, 6.45) is 1.73. The van der Waals surface area contributed by atoms with Crippen molar-refractivity contribution in [2.45, 2.75) is 6.54 Å². The average molecular weight is 340 g/mol. The molecule has 0 fully saturated rings. The van der Waals surface area contributed by atoms with Gasteiger partial charge in [-0.3, -0.25) is 4.79 Å². The highest BCUT2D eigenvalue weighted by atomic mass is 79.9. The van der Waals surface area contributed by atoms with Gasteiger partial charge in [-0.1, -0.05) is 5.21 Å². The van der Waals surface area contributed by atoms with Gasteiger partial charge in [0.1, 0.15) is 11.4 Å². The van der Waals surface area contributed by atoms with Crippen molar-refractivity contribution in [2.24, 2.45) is 5.73 Å². The Morgan fingerprint density at radius 2 is 2.35 bits per heavy atom. The van der Waals surface area contributed by atoms with Gasteiger partial charge >= 0.3 is 0 Å². The molecule has 0 spiro atoms. The van der Waals surface area contributed by atoms with Gasteiger partial charge in [-0.2, -0.15) is 0 Å². The van der Waals surface area contributed by atoms with Crippen molar-refractivity contribution in [3.05, 3.63) is 34.6 Å². The lowest BCUT2D eigenvalue weighted by Gasteiger charge is -2.06. The molecule has 7 nitrogen and oxygen atoms in total. The number of carbonyl (C=O) groups excluding carboxylic acids is 1. The Balaban J connectivity index is 2.18. The fourth-order valence-electron chi connectivity index (χ4n) is 1.55. The van der Waals surface area contributed by atoms with Gasteiger partial charge in [0.25, 0.3) is 0 Å². The molecule has 0 unspecified atom stereocenters. The lowest BCUT2D eigenvalue weighted by molar-refractivity contribution is -0.119. The molecule has 1 aromatic carbocycles. The Labute approximate surface area is 124 Å². The Bertz CT molecular complexity index is 614. The molecule has 1 heterocycles. The van der Waals surface area contributed by atoms with Crippen LogP contribution in [0.1, 0.15) is 5.69 Å². The second kappa shape index (κ2) is 6.49. The van der Waals surface area contributed by atoms with Crippen LogP contribution in [0.2, 0.25) is 0 Å². The Morgan fingerprint density at radius 1 is 1.55 bits per heavy atom. The zero-order valence-corrected chi connectivity index (χ0v) is 12.4. The summed E-state index contributed by atoms with van der Waals surface area (Å²) in [4.78, 5) is 11.1. The zero-order chi connectivity index (χ0) is 14.5. The van der Waals surface area contributed by atoms with Crippen molar-refractivity contribution < 1.29 is 9.53 Å². The number of aromatic nitrogens is 3. The first-order valence-electron chi connectivity index (χ1n) is 5.86. The Hall–Kier alpha value is -1.93. The van der Waals surface area contributed by atoms with Crippen LogP contribution in [0.25, 0.3) is 5.69 Å². The van der Waals surface area contributed by atoms with E-state index >= 15 is 0 Å². The van der Waals surface area contributed by atoms with Crippen LogP contribution in [-0.2, 0) is 11.3 Å². The lowest BCUT2D eigenvalue weighted by atomic mass is 10.3. The van der Waals surface area contributed by atoms with E-state index in [1.54, 1.807) is 18.0 Å². The summed E-state index contributed by atoms with van der Waals surface area (Å²) >= 11 is 3.45. The van der Waals surface area contributed by atoms with Crippen LogP contribution in [0, 0.1) is 0 Å². The van der Waals surface area contributed by atoms with Crippen LogP contribution in [0.3, 0.4) is 0 Å². The number of rotatable bonds is 5. The first-order valence-corrected chi connectivity index (χ1v) is 6.65. The molecular weight excluding hydrogens is 326 g/mol. The lowest BCUT2D eigenvalue weighted by Crippen LogP contribution is -2.29. The molecule has 2 rings (SSSR count). The van der Waals surface area contributed by atoms with Gasteiger partial charge in [0.15, 0.2) is 0 Å². The van der Waals surface area contributed by atoms with Crippen molar-refractivity contribution in [2.75, 3.05) is 13.7 Å². The Kier molecular flexibility index (Phi) is 4.70. The highest BCUT2D eigenvalue weighted by Gasteiger charge is 2.08. The minimum absolute atomic E-state index is 0.0461. The maximum atomic E-state index is 11.1. The van der Waals surface area contributed by atoms with Crippen LogP contribution in [0.15, 0.2) is 28.9 Å². The standard InChI is InChI=1S/C12H14BrN5O2/c1-20-9-2-3-10(13)11(4-9)18-7-8(16-17-18)6-15-12(19)5-14/h2-4,7H,5-6,14H2,1H3,(H,15,19). The summed E-state index contributed by atoms with van der Waals surface area (Å²) in [5.41, 5.74) is 6.65. The summed E-state index contributed by atoms with van der Waals surface area (Å²) in [5, 5.41) is 10.7. The van der Waals surface area contributed by atoms with Crippen LogP contribution in [-0.4, -0.2) is 34.6 Å². The van der Waals surface area contributed by atoms with E-state index in [0.29, 0.717) is 5.69 Å². The molecule has 8 heteroatoms. The average Bonchev–Trinajstić information content (AvgIpc) is 2.94. The van der Waals surface area contributed by atoms with Crippen LogP contribution < -0.4 is 15.8 Å². The molecule has 0 aliphatic rings. The number of carbonyl (C=O) groups is 1. The predicted octanol–water partition coefficient (Wildman–Crippen LogP) is 0.613. The number of ether oxygens (including phenoxy) is 1. The molecule has 2 aromatic rings. The molecule has 0 bridgehead atoms. The van der Waals surface area contributed by atoms with Crippen molar-refractivity contribution in [1.82, 2.24) is 20.3 Å². The third-order valence-corrected chi connectivity index (χ3v) is 3.26. The molecule has 1 aromatic heterocycles. The van der Waals surface area contributed by atoms with Crippen molar-refractivity contribution in [3.8, 4) is 11.4 Å². The number of nitrogens with two attached hydrogens (primary N) is 1. The first kappa shape index (κ1) is 14.5. The van der Waals surface area contributed by atoms with Crippen molar-refractivity contribution >= 4 is 21.8 Å². The third-order valence-electron chi connectivity index (χ3n) is 2.59. The molecule has 0 aliphatic carbocycles. The Morgan fingerprint density at radius 3 is 3.05 bits per heavy atom. The molecule has 0 radical (unpaired) electrons. The predicted molar refractivity (Wildman–Crippen MR) is 76.5 cm³/mol. The number of halogens is 1. The molecule has 0 aliphatic heterocycles. The van der Waals surface area contributed by atoms with E-state index in [-0.39, 0.29) is 19.0 Å². The summed E-state index contributed by atoms with van der Waals surface area (Å²) in [6, 6.07) is 5.54. The van der Waals surface area contributed by atoms with Crippen molar-refractivity contribution in [3.63, 3.8) is 0 Å². The number of nitrogens with zero attached hydrogens (tertiary/aromatic N) is 3. The van der Waals surface area contributed by atoms with E-state index in [1.807, 2.05) is 18.2 Å². The number of nitrogens with one attached hydrogen (secondary N) is 1. The van der Waals surface area contributed by atoms with Gasteiger partial charge < -0.3 is 15.8 Å². The maximum Gasteiger partial charge on any atom is 0.234 e. The number of hydrogen-bond acceptors (Lipinski definition) is 5. The minimum Gasteiger partial charge on any atom is -0.497 e. The van der Waals surface area contributed by atoms with Gasteiger partial charge in [0.05, 0.1) is 32.1 Å². The summed E-state index contributed by atoms with van der Waals surface area (Å²) in [5.74, 6) is 0.485. The smallest absolute Gasteiger partial charge is 0.234 e. The minimum atomic E-state index is -0.234. The van der Waals surface area contributed by atoms with Crippen LogP contribution in [0.4, 0.5) is 0 Å². The van der Waals surface area contributed by atoms with Crippen molar-refractivity contribution in [1.29, 1.82) is 0 Å². The largest absolute Gasteiger partial charge is 0.497 e.